The van der Waals surface area contributed by atoms with Gasteiger partial charge in [-0.3, -0.25) is 4.98 Å². The van der Waals surface area contributed by atoms with Gasteiger partial charge in [0.05, 0.1) is 12.3 Å². The van der Waals surface area contributed by atoms with E-state index >= 15 is 0 Å². The summed E-state index contributed by atoms with van der Waals surface area (Å²) in [5, 5.41) is 3.35. The molecule has 1 saturated heterocycles. The highest BCUT2D eigenvalue weighted by atomic mass is 16.5. The van der Waals surface area contributed by atoms with Gasteiger partial charge in [-0.05, 0) is 12.1 Å². The zero-order valence-corrected chi connectivity index (χ0v) is 8.78. The van der Waals surface area contributed by atoms with Crippen LogP contribution in [-0.2, 0) is 10.3 Å². The van der Waals surface area contributed by atoms with Crippen LogP contribution in [0.1, 0.15) is 12.1 Å². The molecule has 0 amide bonds. The third-order valence-corrected chi connectivity index (χ3v) is 2.67. The van der Waals surface area contributed by atoms with E-state index in [4.69, 9.17) is 4.74 Å². The van der Waals surface area contributed by atoms with Gasteiger partial charge in [0.15, 0.2) is 0 Å². The molecule has 1 aromatic heterocycles. The first-order valence-electron chi connectivity index (χ1n) is 5.24. The standard InChI is InChI=1S/C12H16N2O/c1-2-6-12(10-13-8-9-15-12)11-5-3-4-7-14-11/h2-5,7,13H,1,6,8-10H2. The minimum Gasteiger partial charge on any atom is -0.366 e. The minimum absolute atomic E-state index is 0.318. The highest BCUT2D eigenvalue weighted by molar-refractivity contribution is 5.16. The second-order valence-electron chi connectivity index (χ2n) is 3.73. The third-order valence-electron chi connectivity index (χ3n) is 2.67. The van der Waals surface area contributed by atoms with Crippen molar-refractivity contribution in [2.24, 2.45) is 0 Å². The molecule has 1 fully saturated rings. The molecule has 1 unspecified atom stereocenters. The van der Waals surface area contributed by atoms with Crippen molar-refractivity contribution in [3.63, 3.8) is 0 Å². The van der Waals surface area contributed by atoms with Crippen molar-refractivity contribution in [3.8, 4) is 0 Å². The summed E-state index contributed by atoms with van der Waals surface area (Å²) in [6.07, 6.45) is 4.48. The molecular formula is C12H16N2O. The molecule has 0 aromatic carbocycles. The minimum atomic E-state index is -0.318. The fourth-order valence-corrected chi connectivity index (χ4v) is 1.93. The lowest BCUT2D eigenvalue weighted by molar-refractivity contribution is -0.0718. The smallest absolute Gasteiger partial charge is 0.126 e. The maximum Gasteiger partial charge on any atom is 0.126 e. The summed E-state index contributed by atoms with van der Waals surface area (Å²) in [7, 11) is 0. The number of morpholine rings is 1. The number of nitrogens with one attached hydrogen (secondary N) is 1. The molecule has 80 valence electrons. The summed E-state index contributed by atoms with van der Waals surface area (Å²) < 4.78 is 5.90. The van der Waals surface area contributed by atoms with E-state index < -0.39 is 0 Å². The lowest BCUT2D eigenvalue weighted by Gasteiger charge is -2.36. The first-order chi connectivity index (χ1) is 7.37. The van der Waals surface area contributed by atoms with Crippen LogP contribution in [0.25, 0.3) is 0 Å². The molecular weight excluding hydrogens is 188 g/mol. The molecule has 1 aliphatic rings. The van der Waals surface area contributed by atoms with Gasteiger partial charge in [-0.2, -0.15) is 0 Å². The molecule has 0 bridgehead atoms. The number of aromatic nitrogens is 1. The molecule has 3 heteroatoms. The number of hydrogen-bond donors (Lipinski definition) is 1. The molecule has 1 aromatic rings. The van der Waals surface area contributed by atoms with Gasteiger partial charge in [0, 0.05) is 25.7 Å². The van der Waals surface area contributed by atoms with E-state index in [1.54, 1.807) is 6.20 Å². The summed E-state index contributed by atoms with van der Waals surface area (Å²) in [5.74, 6) is 0. The van der Waals surface area contributed by atoms with Crippen LogP contribution in [0.2, 0.25) is 0 Å². The van der Waals surface area contributed by atoms with Gasteiger partial charge >= 0.3 is 0 Å². The topological polar surface area (TPSA) is 34.2 Å². The summed E-state index contributed by atoms with van der Waals surface area (Å²) >= 11 is 0. The Kier molecular flexibility index (Phi) is 3.14. The Morgan fingerprint density at radius 2 is 2.53 bits per heavy atom. The first kappa shape index (κ1) is 10.3. The molecule has 0 aliphatic carbocycles. The van der Waals surface area contributed by atoms with Crippen molar-refractivity contribution in [1.29, 1.82) is 0 Å². The average Bonchev–Trinajstić information content (AvgIpc) is 2.32. The lowest BCUT2D eigenvalue weighted by atomic mass is 9.93. The summed E-state index contributed by atoms with van der Waals surface area (Å²) in [6, 6.07) is 5.92. The molecule has 3 nitrogen and oxygen atoms in total. The Balaban J connectivity index is 2.29. The van der Waals surface area contributed by atoms with Gasteiger partial charge < -0.3 is 10.1 Å². The highest BCUT2D eigenvalue weighted by Crippen LogP contribution is 2.29. The van der Waals surface area contributed by atoms with Crippen LogP contribution in [0.15, 0.2) is 37.1 Å². The Hall–Kier alpha value is -1.19. The molecule has 0 radical (unpaired) electrons. The Labute approximate surface area is 90.2 Å². The molecule has 0 spiro atoms. The number of hydrogen-bond acceptors (Lipinski definition) is 3. The van der Waals surface area contributed by atoms with Crippen molar-refractivity contribution in [2.45, 2.75) is 12.0 Å². The van der Waals surface area contributed by atoms with Gasteiger partial charge in [-0.1, -0.05) is 12.1 Å². The van der Waals surface area contributed by atoms with Crippen LogP contribution >= 0.6 is 0 Å². The predicted octanol–water partition coefficient (Wildman–Crippen LogP) is 1.47. The number of rotatable bonds is 3. The van der Waals surface area contributed by atoms with E-state index in [2.05, 4.69) is 16.9 Å². The van der Waals surface area contributed by atoms with Gasteiger partial charge in [0.2, 0.25) is 0 Å². The van der Waals surface area contributed by atoms with Crippen LogP contribution in [0.5, 0.6) is 0 Å². The molecule has 2 heterocycles. The summed E-state index contributed by atoms with van der Waals surface area (Å²) in [4.78, 5) is 4.38. The summed E-state index contributed by atoms with van der Waals surface area (Å²) in [5.41, 5.74) is 0.665. The van der Waals surface area contributed by atoms with Crippen LogP contribution in [0, 0.1) is 0 Å². The van der Waals surface area contributed by atoms with Crippen molar-refractivity contribution in [1.82, 2.24) is 10.3 Å². The predicted molar refractivity (Wildman–Crippen MR) is 59.6 cm³/mol. The maximum atomic E-state index is 5.90. The quantitative estimate of drug-likeness (QED) is 0.757. The Bertz CT molecular complexity index is 318. The van der Waals surface area contributed by atoms with E-state index in [1.165, 1.54) is 0 Å². The largest absolute Gasteiger partial charge is 0.366 e. The molecule has 0 saturated carbocycles. The van der Waals surface area contributed by atoms with Crippen molar-refractivity contribution in [3.05, 3.63) is 42.7 Å². The SMILES string of the molecule is C=CCC1(c2ccccn2)CNCCO1. The molecule has 1 atom stereocenters. The Morgan fingerprint density at radius 1 is 1.60 bits per heavy atom. The van der Waals surface area contributed by atoms with Crippen LogP contribution in [0.4, 0.5) is 0 Å². The second-order valence-corrected chi connectivity index (χ2v) is 3.73. The van der Waals surface area contributed by atoms with Crippen molar-refractivity contribution < 1.29 is 4.74 Å². The highest BCUT2D eigenvalue weighted by Gasteiger charge is 2.35. The van der Waals surface area contributed by atoms with E-state index in [9.17, 15) is 0 Å². The van der Waals surface area contributed by atoms with Crippen LogP contribution in [-0.4, -0.2) is 24.7 Å². The van der Waals surface area contributed by atoms with E-state index in [-0.39, 0.29) is 5.60 Å². The molecule has 1 N–H and O–H groups in total. The lowest BCUT2D eigenvalue weighted by Crippen LogP contribution is -2.47. The fraction of sp³-hybridized carbons (Fsp3) is 0.417. The number of pyridine rings is 1. The first-order valence-corrected chi connectivity index (χ1v) is 5.24. The van der Waals surface area contributed by atoms with Crippen molar-refractivity contribution >= 4 is 0 Å². The van der Waals surface area contributed by atoms with E-state index in [0.29, 0.717) is 0 Å². The van der Waals surface area contributed by atoms with Gasteiger partial charge in [0.1, 0.15) is 5.60 Å². The van der Waals surface area contributed by atoms with Crippen LogP contribution in [0.3, 0.4) is 0 Å². The number of nitrogens with zero attached hydrogens (tertiary/aromatic N) is 1. The fourth-order valence-electron chi connectivity index (χ4n) is 1.93. The summed E-state index contributed by atoms with van der Waals surface area (Å²) in [6.45, 7) is 6.23. The van der Waals surface area contributed by atoms with Crippen molar-refractivity contribution in [2.75, 3.05) is 19.7 Å². The third kappa shape index (κ3) is 2.08. The van der Waals surface area contributed by atoms with Gasteiger partial charge in [-0.25, -0.2) is 0 Å². The van der Waals surface area contributed by atoms with Gasteiger partial charge in [-0.15, -0.1) is 6.58 Å². The van der Waals surface area contributed by atoms with Gasteiger partial charge in [0.25, 0.3) is 0 Å². The molecule has 1 aliphatic heterocycles. The zero-order valence-electron chi connectivity index (χ0n) is 8.78. The van der Waals surface area contributed by atoms with E-state index in [0.717, 1.165) is 31.8 Å². The van der Waals surface area contributed by atoms with Crippen LogP contribution < -0.4 is 5.32 Å². The molecule has 2 rings (SSSR count). The maximum absolute atomic E-state index is 5.90. The second kappa shape index (κ2) is 4.55. The zero-order chi connectivity index (χ0) is 10.6. The monoisotopic (exact) mass is 204 g/mol. The Morgan fingerprint density at radius 3 is 3.13 bits per heavy atom. The average molecular weight is 204 g/mol. The normalized spacial score (nSPS) is 26.1. The van der Waals surface area contributed by atoms with E-state index in [1.807, 2.05) is 24.3 Å². The molecule has 15 heavy (non-hydrogen) atoms. The number of ether oxygens (including phenoxy) is 1.